The molecular weight excluding hydrogens is 350 g/mol. The summed E-state index contributed by atoms with van der Waals surface area (Å²) < 4.78 is 29.4. The molecule has 0 radical (unpaired) electrons. The van der Waals surface area contributed by atoms with Gasteiger partial charge in [0.2, 0.25) is 0 Å². The second kappa shape index (κ2) is 7.76. The lowest BCUT2D eigenvalue weighted by atomic mass is 9.94. The quantitative estimate of drug-likeness (QED) is 0.894. The molecule has 1 N–H and O–H groups in total. The molecule has 1 saturated carbocycles. The summed E-state index contributed by atoms with van der Waals surface area (Å²) in [6.45, 7) is 2.84. The summed E-state index contributed by atoms with van der Waals surface area (Å²) in [5.74, 6) is -2.49. The van der Waals surface area contributed by atoms with E-state index in [0.717, 1.165) is 37.5 Å². The lowest BCUT2D eigenvalue weighted by Gasteiger charge is -2.36. The summed E-state index contributed by atoms with van der Waals surface area (Å²) in [5.41, 5.74) is 1.29. The van der Waals surface area contributed by atoms with E-state index in [0.29, 0.717) is 11.7 Å². The van der Waals surface area contributed by atoms with Crippen LogP contribution in [0.2, 0.25) is 0 Å². The van der Waals surface area contributed by atoms with Gasteiger partial charge in [0.15, 0.2) is 0 Å². The van der Waals surface area contributed by atoms with Crippen molar-refractivity contribution in [1.82, 2.24) is 20.0 Å². The molecule has 1 aliphatic heterocycles. The average molecular weight is 374 g/mol. The molecule has 144 valence electrons. The van der Waals surface area contributed by atoms with E-state index in [4.69, 9.17) is 0 Å². The number of rotatable bonds is 4. The van der Waals surface area contributed by atoms with Crippen molar-refractivity contribution < 1.29 is 13.6 Å². The Labute approximate surface area is 157 Å². The van der Waals surface area contributed by atoms with E-state index >= 15 is 0 Å². The van der Waals surface area contributed by atoms with Crippen molar-refractivity contribution in [2.45, 2.75) is 57.8 Å². The van der Waals surface area contributed by atoms with Crippen LogP contribution in [0.25, 0.3) is 0 Å². The number of carbonyl (C=O) groups excluding carboxylic acids is 1. The predicted molar refractivity (Wildman–Crippen MR) is 97.0 cm³/mol. The molecule has 0 spiro atoms. The maximum Gasteiger partial charge on any atom is 0.257 e. The van der Waals surface area contributed by atoms with Gasteiger partial charge in [0.25, 0.3) is 5.91 Å². The first-order valence-corrected chi connectivity index (χ1v) is 9.63. The topological polar surface area (TPSA) is 50.2 Å². The van der Waals surface area contributed by atoms with E-state index in [-0.39, 0.29) is 6.54 Å². The van der Waals surface area contributed by atoms with Crippen LogP contribution in [0.4, 0.5) is 8.78 Å². The first kappa shape index (κ1) is 18.1. The molecule has 0 bridgehead atoms. The number of hydrogen-bond acceptors (Lipinski definition) is 3. The van der Waals surface area contributed by atoms with Crippen LogP contribution < -0.4 is 5.32 Å². The number of nitrogens with one attached hydrogen (secondary N) is 1. The predicted octanol–water partition coefficient (Wildman–Crippen LogP) is 3.24. The molecule has 2 heterocycles. The zero-order valence-corrected chi connectivity index (χ0v) is 15.3. The summed E-state index contributed by atoms with van der Waals surface area (Å²) >= 11 is 0. The second-order valence-electron chi connectivity index (χ2n) is 7.39. The number of hydrogen-bond donors (Lipinski definition) is 1. The molecule has 2 aliphatic rings. The van der Waals surface area contributed by atoms with Crippen LogP contribution in [-0.2, 0) is 19.6 Å². The molecule has 1 aromatic heterocycles. The van der Waals surface area contributed by atoms with Crippen LogP contribution in [0.5, 0.6) is 0 Å². The highest BCUT2D eigenvalue weighted by Gasteiger charge is 2.26. The van der Waals surface area contributed by atoms with Crippen LogP contribution in [0.15, 0.2) is 24.3 Å². The third kappa shape index (κ3) is 3.88. The van der Waals surface area contributed by atoms with Gasteiger partial charge in [-0.05, 0) is 31.0 Å². The molecule has 7 heteroatoms. The summed E-state index contributed by atoms with van der Waals surface area (Å²) in [6.07, 6.45) is 6.50. The second-order valence-corrected chi connectivity index (χ2v) is 7.39. The van der Waals surface area contributed by atoms with Gasteiger partial charge in [-0.1, -0.05) is 25.3 Å². The number of amides is 1. The maximum absolute atomic E-state index is 13.7. The fourth-order valence-electron chi connectivity index (χ4n) is 4.16. The zero-order valence-electron chi connectivity index (χ0n) is 15.3. The van der Waals surface area contributed by atoms with Gasteiger partial charge >= 0.3 is 0 Å². The van der Waals surface area contributed by atoms with Crippen LogP contribution in [0.3, 0.4) is 0 Å². The van der Waals surface area contributed by atoms with Crippen molar-refractivity contribution in [2.75, 3.05) is 6.54 Å². The van der Waals surface area contributed by atoms with Gasteiger partial charge in [-0.3, -0.25) is 14.4 Å². The Kier molecular flexibility index (Phi) is 5.20. The number of halogens is 2. The van der Waals surface area contributed by atoms with E-state index < -0.39 is 23.1 Å². The molecule has 27 heavy (non-hydrogen) atoms. The largest absolute Gasteiger partial charge is 0.346 e. The van der Waals surface area contributed by atoms with E-state index in [1.807, 2.05) is 10.7 Å². The molecule has 5 nitrogen and oxygen atoms in total. The Morgan fingerprint density at radius 3 is 2.63 bits per heavy atom. The lowest BCUT2D eigenvalue weighted by molar-refractivity contribution is 0.0941. The van der Waals surface area contributed by atoms with Gasteiger partial charge in [-0.25, -0.2) is 8.78 Å². The Morgan fingerprint density at radius 2 is 1.89 bits per heavy atom. The third-order valence-electron chi connectivity index (χ3n) is 5.59. The van der Waals surface area contributed by atoms with E-state index in [2.05, 4.69) is 15.3 Å². The SMILES string of the molecule is O=C(NCc1cc2n(n1)CCN(C1CCCCC1)C2)c1c(F)cccc1F. The van der Waals surface area contributed by atoms with Crippen LogP contribution in [0, 0.1) is 11.6 Å². The maximum atomic E-state index is 13.7. The minimum atomic E-state index is -0.861. The fraction of sp³-hybridized carbons (Fsp3) is 0.500. The molecule has 1 aromatic carbocycles. The van der Waals surface area contributed by atoms with E-state index in [1.165, 1.54) is 38.2 Å². The molecule has 1 amide bonds. The summed E-state index contributed by atoms with van der Waals surface area (Å²) in [4.78, 5) is 14.7. The lowest BCUT2D eigenvalue weighted by Crippen LogP contribution is -2.42. The molecule has 1 fully saturated rings. The molecule has 0 saturated heterocycles. The van der Waals surface area contributed by atoms with Gasteiger partial charge in [-0.15, -0.1) is 0 Å². The van der Waals surface area contributed by atoms with Crippen molar-refractivity contribution in [1.29, 1.82) is 0 Å². The van der Waals surface area contributed by atoms with Gasteiger partial charge in [0.05, 0.1) is 24.5 Å². The summed E-state index contributed by atoms with van der Waals surface area (Å²) in [6, 6.07) is 6.03. The fourth-order valence-corrected chi connectivity index (χ4v) is 4.16. The standard InChI is InChI=1S/C20H24F2N4O/c21-17-7-4-8-18(22)19(17)20(27)23-12-14-11-16-13-25(9-10-26(16)24-14)15-5-2-1-3-6-15/h4,7-8,11,15H,1-3,5-6,9-10,12-13H2,(H,23,27). The number of benzene rings is 1. The first-order chi connectivity index (χ1) is 13.1. The molecule has 0 unspecified atom stereocenters. The van der Waals surface area contributed by atoms with E-state index in [1.54, 1.807) is 0 Å². The molecule has 1 aliphatic carbocycles. The van der Waals surface area contributed by atoms with Crippen LogP contribution in [-0.4, -0.2) is 33.2 Å². The van der Waals surface area contributed by atoms with Gasteiger partial charge < -0.3 is 5.32 Å². The minimum absolute atomic E-state index is 0.149. The van der Waals surface area contributed by atoms with Crippen molar-refractivity contribution in [3.05, 3.63) is 52.9 Å². The van der Waals surface area contributed by atoms with Crippen molar-refractivity contribution in [2.24, 2.45) is 0 Å². The minimum Gasteiger partial charge on any atom is -0.346 e. The van der Waals surface area contributed by atoms with Crippen molar-refractivity contribution >= 4 is 5.91 Å². The Hall–Kier alpha value is -2.28. The smallest absolute Gasteiger partial charge is 0.257 e. The Bertz CT molecular complexity index is 809. The van der Waals surface area contributed by atoms with Crippen molar-refractivity contribution in [3.8, 4) is 0 Å². The molecular formula is C20H24F2N4O. The highest BCUT2D eigenvalue weighted by atomic mass is 19.1. The number of fused-ring (bicyclic) bond motifs is 1. The Morgan fingerprint density at radius 1 is 1.15 bits per heavy atom. The number of aromatic nitrogens is 2. The van der Waals surface area contributed by atoms with E-state index in [9.17, 15) is 13.6 Å². The third-order valence-corrected chi connectivity index (χ3v) is 5.59. The molecule has 0 atom stereocenters. The van der Waals surface area contributed by atoms with Crippen LogP contribution >= 0.6 is 0 Å². The molecule has 4 rings (SSSR count). The summed E-state index contributed by atoms with van der Waals surface area (Å²) in [5, 5.41) is 7.10. The highest BCUT2D eigenvalue weighted by Crippen LogP contribution is 2.26. The normalized spacial score (nSPS) is 18.3. The van der Waals surface area contributed by atoms with Gasteiger partial charge in [-0.2, -0.15) is 5.10 Å². The highest BCUT2D eigenvalue weighted by molar-refractivity contribution is 5.94. The van der Waals surface area contributed by atoms with Gasteiger partial charge in [0.1, 0.15) is 17.2 Å². The first-order valence-electron chi connectivity index (χ1n) is 9.63. The summed E-state index contributed by atoms with van der Waals surface area (Å²) in [7, 11) is 0. The monoisotopic (exact) mass is 374 g/mol. The number of carbonyl (C=O) groups is 1. The number of nitrogens with zero attached hydrogens (tertiary/aromatic N) is 3. The molecule has 2 aromatic rings. The average Bonchev–Trinajstić information content (AvgIpc) is 3.09. The zero-order chi connectivity index (χ0) is 18.8. The van der Waals surface area contributed by atoms with Crippen molar-refractivity contribution in [3.63, 3.8) is 0 Å². The van der Waals surface area contributed by atoms with Crippen LogP contribution in [0.1, 0.15) is 53.8 Å². The Balaban J connectivity index is 1.39. The van der Waals surface area contributed by atoms with Gasteiger partial charge in [0, 0.05) is 19.1 Å².